The SMILES string of the molecule is CCOc1nc(N2CC3CCC(C2)N3)c2cc(Cl)c(-c3c(C)ccc4[nH]ncc34)c(F)c2n1. The van der Waals surface area contributed by atoms with Gasteiger partial charge in [-0.05, 0) is 44.4 Å². The van der Waals surface area contributed by atoms with Crippen molar-refractivity contribution in [3.63, 3.8) is 0 Å². The minimum Gasteiger partial charge on any atom is -0.464 e. The predicted octanol–water partition coefficient (Wildman–Crippen LogP) is 4.61. The minimum absolute atomic E-state index is 0.177. The molecule has 2 fully saturated rings. The summed E-state index contributed by atoms with van der Waals surface area (Å²) in [5.41, 5.74) is 2.97. The van der Waals surface area contributed by atoms with Crippen molar-refractivity contribution in [2.24, 2.45) is 0 Å². The van der Waals surface area contributed by atoms with Crippen LogP contribution >= 0.6 is 11.6 Å². The first-order valence-electron chi connectivity index (χ1n) is 11.3. The average molecular weight is 467 g/mol. The number of anilines is 1. The lowest BCUT2D eigenvalue weighted by Crippen LogP contribution is -2.51. The predicted molar refractivity (Wildman–Crippen MR) is 128 cm³/mol. The highest BCUT2D eigenvalue weighted by molar-refractivity contribution is 6.35. The summed E-state index contributed by atoms with van der Waals surface area (Å²) >= 11 is 6.78. The largest absolute Gasteiger partial charge is 0.464 e. The number of piperazine rings is 1. The van der Waals surface area contributed by atoms with Gasteiger partial charge < -0.3 is 15.0 Å². The van der Waals surface area contributed by atoms with Crippen LogP contribution in [-0.4, -0.2) is 51.9 Å². The second-order valence-electron chi connectivity index (χ2n) is 8.84. The Morgan fingerprint density at radius 1 is 1.15 bits per heavy atom. The molecule has 7 nitrogen and oxygen atoms in total. The maximum atomic E-state index is 16.3. The molecule has 0 radical (unpaired) electrons. The van der Waals surface area contributed by atoms with Gasteiger partial charge >= 0.3 is 6.01 Å². The van der Waals surface area contributed by atoms with E-state index in [0.29, 0.717) is 46.0 Å². The third-order valence-electron chi connectivity index (χ3n) is 6.71. The van der Waals surface area contributed by atoms with Crippen molar-refractivity contribution in [2.75, 3.05) is 24.6 Å². The summed E-state index contributed by atoms with van der Waals surface area (Å²) in [4.78, 5) is 11.4. The van der Waals surface area contributed by atoms with E-state index in [9.17, 15) is 0 Å². The summed E-state index contributed by atoms with van der Waals surface area (Å²) < 4.78 is 21.9. The van der Waals surface area contributed by atoms with Gasteiger partial charge in [-0.15, -0.1) is 0 Å². The van der Waals surface area contributed by atoms with Crippen molar-refractivity contribution in [1.29, 1.82) is 0 Å². The van der Waals surface area contributed by atoms with Crippen molar-refractivity contribution in [3.05, 3.63) is 40.8 Å². The molecule has 2 aliphatic rings. The first-order valence-corrected chi connectivity index (χ1v) is 11.7. The first-order chi connectivity index (χ1) is 16.0. The van der Waals surface area contributed by atoms with Crippen LogP contribution in [0.5, 0.6) is 6.01 Å². The number of hydrogen-bond acceptors (Lipinski definition) is 6. The van der Waals surface area contributed by atoms with Gasteiger partial charge in [-0.1, -0.05) is 17.7 Å². The van der Waals surface area contributed by atoms with Gasteiger partial charge in [0.25, 0.3) is 0 Å². The molecule has 170 valence electrons. The zero-order chi connectivity index (χ0) is 22.7. The van der Waals surface area contributed by atoms with Crippen LogP contribution in [-0.2, 0) is 0 Å². The molecule has 4 heterocycles. The summed E-state index contributed by atoms with van der Waals surface area (Å²) in [6, 6.07) is 6.65. The van der Waals surface area contributed by atoms with Gasteiger partial charge in [0.15, 0.2) is 5.82 Å². The van der Waals surface area contributed by atoms with E-state index < -0.39 is 5.82 Å². The number of rotatable bonds is 4. The van der Waals surface area contributed by atoms with Crippen LogP contribution in [0, 0.1) is 12.7 Å². The fourth-order valence-electron chi connectivity index (χ4n) is 5.25. The Morgan fingerprint density at radius 3 is 2.70 bits per heavy atom. The highest BCUT2D eigenvalue weighted by Gasteiger charge is 2.34. The van der Waals surface area contributed by atoms with E-state index in [0.717, 1.165) is 42.4 Å². The van der Waals surface area contributed by atoms with E-state index >= 15 is 4.39 Å². The molecule has 0 spiro atoms. The fraction of sp³-hybridized carbons (Fsp3) is 0.375. The molecule has 2 saturated heterocycles. The number of nitrogens with one attached hydrogen (secondary N) is 2. The summed E-state index contributed by atoms with van der Waals surface area (Å²) in [5.74, 6) is 0.199. The molecule has 2 bridgehead atoms. The Morgan fingerprint density at radius 2 is 1.94 bits per heavy atom. The molecule has 9 heteroatoms. The number of aromatic amines is 1. The Labute approximate surface area is 195 Å². The molecule has 33 heavy (non-hydrogen) atoms. The monoisotopic (exact) mass is 466 g/mol. The van der Waals surface area contributed by atoms with E-state index in [1.807, 2.05) is 26.0 Å². The molecule has 0 saturated carbocycles. The lowest BCUT2D eigenvalue weighted by molar-refractivity contribution is 0.313. The van der Waals surface area contributed by atoms with E-state index in [2.05, 4.69) is 30.4 Å². The Kier molecular flexibility index (Phi) is 4.88. The molecule has 0 aliphatic carbocycles. The van der Waals surface area contributed by atoms with Crippen LogP contribution < -0.4 is 15.0 Å². The maximum absolute atomic E-state index is 16.3. The summed E-state index contributed by atoms with van der Waals surface area (Å²) in [7, 11) is 0. The van der Waals surface area contributed by atoms with Crippen molar-refractivity contribution >= 4 is 39.2 Å². The summed E-state index contributed by atoms with van der Waals surface area (Å²) in [5, 5.41) is 12.4. The number of H-pyrrole nitrogens is 1. The van der Waals surface area contributed by atoms with E-state index in [-0.39, 0.29) is 11.5 Å². The van der Waals surface area contributed by atoms with Crippen molar-refractivity contribution in [3.8, 4) is 17.1 Å². The Balaban J connectivity index is 1.60. The third kappa shape index (κ3) is 3.31. The quantitative estimate of drug-likeness (QED) is 0.457. The molecule has 2 N–H and O–H groups in total. The van der Waals surface area contributed by atoms with Crippen LogP contribution in [0.25, 0.3) is 32.9 Å². The molecule has 2 aromatic heterocycles. The summed E-state index contributed by atoms with van der Waals surface area (Å²) in [6.07, 6.45) is 3.97. The van der Waals surface area contributed by atoms with Crippen molar-refractivity contribution < 1.29 is 9.13 Å². The van der Waals surface area contributed by atoms with Crippen LogP contribution in [0.2, 0.25) is 5.02 Å². The van der Waals surface area contributed by atoms with Gasteiger partial charge in [0, 0.05) is 47.1 Å². The lowest BCUT2D eigenvalue weighted by Gasteiger charge is -2.34. The first kappa shape index (κ1) is 20.6. The molecule has 4 aromatic rings. The lowest BCUT2D eigenvalue weighted by atomic mass is 9.95. The number of ether oxygens (including phenoxy) is 1. The van der Waals surface area contributed by atoms with Gasteiger partial charge in [0.05, 0.1) is 23.3 Å². The number of aromatic nitrogens is 4. The van der Waals surface area contributed by atoms with Gasteiger partial charge in [0.2, 0.25) is 0 Å². The van der Waals surface area contributed by atoms with Gasteiger partial charge in [0.1, 0.15) is 11.3 Å². The zero-order valence-electron chi connectivity index (χ0n) is 18.5. The highest BCUT2D eigenvalue weighted by Crippen LogP contribution is 2.42. The molecule has 0 amide bonds. The topological polar surface area (TPSA) is 79.0 Å². The van der Waals surface area contributed by atoms with E-state index in [1.54, 1.807) is 12.3 Å². The van der Waals surface area contributed by atoms with Crippen molar-refractivity contribution in [1.82, 2.24) is 25.5 Å². The molecule has 2 aromatic carbocycles. The second kappa shape index (κ2) is 7.81. The number of nitrogens with zero attached hydrogens (tertiary/aromatic N) is 4. The molecule has 2 aliphatic heterocycles. The number of halogens is 2. The average Bonchev–Trinajstić information content (AvgIpc) is 3.41. The normalized spacial score (nSPS) is 20.2. The molecular weight excluding hydrogens is 443 g/mol. The maximum Gasteiger partial charge on any atom is 0.319 e. The van der Waals surface area contributed by atoms with Crippen LogP contribution in [0.15, 0.2) is 24.4 Å². The van der Waals surface area contributed by atoms with E-state index in [1.165, 1.54) is 0 Å². The number of aryl methyl sites for hydroxylation is 1. The van der Waals surface area contributed by atoms with Gasteiger partial charge in [-0.25, -0.2) is 4.39 Å². The van der Waals surface area contributed by atoms with Gasteiger partial charge in [-0.2, -0.15) is 15.1 Å². The highest BCUT2D eigenvalue weighted by atomic mass is 35.5. The van der Waals surface area contributed by atoms with Gasteiger partial charge in [-0.3, -0.25) is 5.10 Å². The van der Waals surface area contributed by atoms with E-state index in [4.69, 9.17) is 16.3 Å². The summed E-state index contributed by atoms with van der Waals surface area (Å²) in [6.45, 7) is 5.82. The number of benzene rings is 2. The second-order valence-corrected chi connectivity index (χ2v) is 9.25. The molecule has 2 unspecified atom stereocenters. The Bertz CT molecular complexity index is 1380. The molecule has 2 atom stereocenters. The molecular formula is C24H24ClFN6O. The van der Waals surface area contributed by atoms with Crippen LogP contribution in [0.3, 0.4) is 0 Å². The number of hydrogen-bond donors (Lipinski definition) is 2. The fourth-order valence-corrected chi connectivity index (χ4v) is 5.54. The third-order valence-corrected chi connectivity index (χ3v) is 7.01. The minimum atomic E-state index is -0.475. The standard InChI is InChI=1S/C24H24ClFN6O/c1-3-33-24-29-22-15(23(30-24)32-10-13-5-6-14(11-32)28-13)8-17(25)20(21(22)26)19-12(2)4-7-18-16(19)9-27-31-18/h4,7-9,13-14,28H,3,5-6,10-11H2,1-2H3,(H,27,31). The van der Waals surface area contributed by atoms with Crippen LogP contribution in [0.1, 0.15) is 25.3 Å². The zero-order valence-corrected chi connectivity index (χ0v) is 19.2. The smallest absolute Gasteiger partial charge is 0.319 e. The number of fused-ring (bicyclic) bond motifs is 4. The Hall–Kier alpha value is -2.97. The van der Waals surface area contributed by atoms with Crippen LogP contribution in [0.4, 0.5) is 10.2 Å². The molecule has 6 rings (SSSR count). The van der Waals surface area contributed by atoms with Crippen molar-refractivity contribution in [2.45, 2.75) is 38.8 Å².